The summed E-state index contributed by atoms with van der Waals surface area (Å²) in [5.74, 6) is -2.71. The Hall–Kier alpha value is -4.34. The van der Waals surface area contributed by atoms with Crippen LogP contribution in [0.4, 0.5) is 18.9 Å². The molecule has 1 saturated heterocycles. The lowest BCUT2D eigenvalue weighted by atomic mass is 9.80. The molecule has 43 heavy (non-hydrogen) atoms. The fraction of sp³-hybridized carbons (Fsp3) is 0.364. The molecule has 3 heterocycles. The molecule has 0 bridgehead atoms. The summed E-state index contributed by atoms with van der Waals surface area (Å²) in [4.78, 5) is 19.1. The predicted octanol–water partition coefficient (Wildman–Crippen LogP) is 6.39. The summed E-state index contributed by atoms with van der Waals surface area (Å²) in [5, 5.41) is 15.0. The summed E-state index contributed by atoms with van der Waals surface area (Å²) in [6.45, 7) is 4.98. The number of alkyl halides is 3. The average molecular weight is 592 g/mol. The van der Waals surface area contributed by atoms with Crippen LogP contribution in [0, 0.1) is 17.2 Å². The van der Waals surface area contributed by atoms with Gasteiger partial charge in [-0.05, 0) is 43.9 Å². The molecule has 3 aromatic rings. The van der Waals surface area contributed by atoms with E-state index in [0.29, 0.717) is 31.8 Å². The number of ether oxygens (including phenoxy) is 1. The summed E-state index contributed by atoms with van der Waals surface area (Å²) in [7, 11) is 0. The van der Waals surface area contributed by atoms with Crippen molar-refractivity contribution in [3.05, 3.63) is 102 Å². The molecule has 0 radical (unpaired) electrons. The van der Waals surface area contributed by atoms with Crippen molar-refractivity contribution in [1.29, 1.82) is 5.41 Å². The van der Waals surface area contributed by atoms with Gasteiger partial charge >= 0.3 is 6.18 Å². The van der Waals surface area contributed by atoms with Crippen molar-refractivity contribution in [1.82, 2.24) is 15.6 Å². The van der Waals surface area contributed by atoms with Gasteiger partial charge in [-0.3, -0.25) is 4.79 Å². The Morgan fingerprint density at radius 2 is 1.60 bits per heavy atom. The summed E-state index contributed by atoms with van der Waals surface area (Å²) in [6.07, 6.45) is -2.69. The van der Waals surface area contributed by atoms with E-state index >= 15 is 0 Å². The SMILES string of the molecule is CC(C)Oc1ccc(N2CCC(C(=N)C3=C(NC(c4ccccc4)c4ccccc4)NC(=O)CC3C(F)(F)F)CC2)cn1. The number of benzene rings is 2. The first-order valence-electron chi connectivity index (χ1n) is 14.5. The van der Waals surface area contributed by atoms with Gasteiger partial charge in [-0.1, -0.05) is 60.7 Å². The number of amides is 1. The predicted molar refractivity (Wildman–Crippen MR) is 160 cm³/mol. The molecule has 1 amide bonds. The number of nitrogens with one attached hydrogen (secondary N) is 3. The molecule has 1 aromatic heterocycles. The van der Waals surface area contributed by atoms with E-state index in [-0.39, 0.29) is 23.2 Å². The molecule has 226 valence electrons. The van der Waals surface area contributed by atoms with Crippen LogP contribution in [-0.4, -0.2) is 42.0 Å². The van der Waals surface area contributed by atoms with Crippen molar-refractivity contribution in [2.24, 2.45) is 11.8 Å². The maximum atomic E-state index is 14.5. The van der Waals surface area contributed by atoms with Crippen LogP contribution >= 0.6 is 0 Å². The highest BCUT2D eigenvalue weighted by Crippen LogP contribution is 2.41. The van der Waals surface area contributed by atoms with Crippen LogP contribution in [0.25, 0.3) is 0 Å². The molecule has 1 unspecified atom stereocenters. The fourth-order valence-electron chi connectivity index (χ4n) is 5.75. The smallest absolute Gasteiger partial charge is 0.396 e. The molecule has 2 aromatic carbocycles. The van der Waals surface area contributed by atoms with E-state index in [0.717, 1.165) is 16.8 Å². The van der Waals surface area contributed by atoms with E-state index in [1.54, 1.807) is 12.3 Å². The number of pyridine rings is 1. The lowest BCUT2D eigenvalue weighted by Crippen LogP contribution is -2.48. The van der Waals surface area contributed by atoms with Crippen molar-refractivity contribution >= 4 is 17.3 Å². The molecule has 3 N–H and O–H groups in total. The zero-order valence-electron chi connectivity index (χ0n) is 24.2. The Morgan fingerprint density at radius 3 is 2.12 bits per heavy atom. The average Bonchev–Trinajstić information content (AvgIpc) is 3.00. The molecule has 5 rings (SSSR count). The zero-order valence-corrected chi connectivity index (χ0v) is 24.2. The number of hydrogen-bond donors (Lipinski definition) is 3. The second-order valence-electron chi connectivity index (χ2n) is 11.2. The van der Waals surface area contributed by atoms with Crippen molar-refractivity contribution in [2.45, 2.75) is 51.4 Å². The Bertz CT molecular complexity index is 1400. The van der Waals surface area contributed by atoms with E-state index < -0.39 is 36.4 Å². The monoisotopic (exact) mass is 591 g/mol. The highest BCUT2D eigenvalue weighted by molar-refractivity contribution is 6.03. The van der Waals surface area contributed by atoms with E-state index in [9.17, 15) is 18.0 Å². The van der Waals surface area contributed by atoms with Crippen molar-refractivity contribution in [2.75, 3.05) is 18.0 Å². The van der Waals surface area contributed by atoms with Gasteiger partial charge in [0, 0.05) is 42.8 Å². The minimum absolute atomic E-state index is 0.00885. The number of halogens is 3. The van der Waals surface area contributed by atoms with Gasteiger partial charge in [0.25, 0.3) is 0 Å². The third-order valence-electron chi connectivity index (χ3n) is 7.86. The second kappa shape index (κ2) is 12.9. The minimum atomic E-state index is -4.69. The van der Waals surface area contributed by atoms with Crippen molar-refractivity contribution < 1.29 is 22.7 Å². The van der Waals surface area contributed by atoms with E-state index in [2.05, 4.69) is 20.5 Å². The lowest BCUT2D eigenvalue weighted by Gasteiger charge is -2.38. The van der Waals surface area contributed by atoms with E-state index in [1.165, 1.54) is 0 Å². The number of nitrogens with zero attached hydrogens (tertiary/aromatic N) is 2. The van der Waals surface area contributed by atoms with Crippen LogP contribution in [0.5, 0.6) is 5.88 Å². The molecule has 0 saturated carbocycles. The summed E-state index contributed by atoms with van der Waals surface area (Å²) >= 11 is 0. The molecular weight excluding hydrogens is 555 g/mol. The van der Waals surface area contributed by atoms with Gasteiger partial charge in [0.1, 0.15) is 5.82 Å². The molecule has 1 atom stereocenters. The minimum Gasteiger partial charge on any atom is -0.475 e. The Morgan fingerprint density at radius 1 is 1.00 bits per heavy atom. The number of rotatable bonds is 9. The Kier molecular flexibility index (Phi) is 9.03. The van der Waals surface area contributed by atoms with Crippen LogP contribution < -0.4 is 20.3 Å². The second-order valence-corrected chi connectivity index (χ2v) is 11.2. The maximum Gasteiger partial charge on any atom is 0.396 e. The highest BCUT2D eigenvalue weighted by Gasteiger charge is 2.49. The Balaban J connectivity index is 1.42. The number of carbonyl (C=O) groups is 1. The van der Waals surface area contributed by atoms with Crippen LogP contribution in [-0.2, 0) is 4.79 Å². The van der Waals surface area contributed by atoms with Gasteiger partial charge in [-0.25, -0.2) is 4.98 Å². The van der Waals surface area contributed by atoms with E-state index in [1.807, 2.05) is 80.6 Å². The first-order valence-corrected chi connectivity index (χ1v) is 14.5. The summed E-state index contributed by atoms with van der Waals surface area (Å²) in [5.41, 5.74) is 2.28. The number of hydrogen-bond acceptors (Lipinski definition) is 6. The molecule has 0 spiro atoms. The number of anilines is 1. The first-order chi connectivity index (χ1) is 20.6. The van der Waals surface area contributed by atoms with Crippen molar-refractivity contribution in [3.8, 4) is 5.88 Å². The summed E-state index contributed by atoms with van der Waals surface area (Å²) < 4.78 is 49.1. The highest BCUT2D eigenvalue weighted by atomic mass is 19.4. The normalized spacial score (nSPS) is 18.2. The molecule has 0 aliphatic carbocycles. The standard InChI is InChI=1S/C33H36F3N5O2/c1-21(2)43-28-14-13-25(20-38-28)41-17-15-22(16-18-41)30(37)29-26(33(34,35)36)19-27(42)39-32(29)40-31(23-9-5-3-6-10-23)24-11-7-4-8-12-24/h3-14,20-22,26,31,37,40H,15-19H2,1-2H3,(H,39,42). The number of allylic oxidation sites excluding steroid dienone is 1. The maximum absolute atomic E-state index is 14.5. The third kappa shape index (κ3) is 7.18. The number of aromatic nitrogens is 1. The van der Waals surface area contributed by atoms with Gasteiger partial charge in [0.15, 0.2) is 0 Å². The van der Waals surface area contributed by atoms with Gasteiger partial charge < -0.3 is 25.7 Å². The molecule has 2 aliphatic heterocycles. The van der Waals surface area contributed by atoms with Gasteiger partial charge in [-0.2, -0.15) is 13.2 Å². The third-order valence-corrected chi connectivity index (χ3v) is 7.86. The molecule has 1 fully saturated rings. The first kappa shape index (κ1) is 30.1. The molecule has 7 nitrogen and oxygen atoms in total. The Labute approximate surface area is 249 Å². The van der Waals surface area contributed by atoms with E-state index in [4.69, 9.17) is 10.1 Å². The lowest BCUT2D eigenvalue weighted by molar-refractivity contribution is -0.169. The number of carbonyl (C=O) groups excluding carboxylic acids is 1. The zero-order chi connectivity index (χ0) is 30.6. The topological polar surface area (TPSA) is 90.3 Å². The largest absolute Gasteiger partial charge is 0.475 e. The van der Waals surface area contributed by atoms with Gasteiger partial charge in [-0.15, -0.1) is 0 Å². The van der Waals surface area contributed by atoms with Crippen LogP contribution in [0.1, 0.15) is 50.3 Å². The molecular formula is C33H36F3N5O2. The van der Waals surface area contributed by atoms with Gasteiger partial charge in [0.05, 0.1) is 29.9 Å². The number of piperidine rings is 1. The molecule has 2 aliphatic rings. The van der Waals surface area contributed by atoms with Crippen LogP contribution in [0.3, 0.4) is 0 Å². The summed E-state index contributed by atoms with van der Waals surface area (Å²) in [6, 6.07) is 21.9. The fourth-order valence-corrected chi connectivity index (χ4v) is 5.75. The molecule has 10 heteroatoms. The van der Waals surface area contributed by atoms with Crippen LogP contribution in [0.15, 0.2) is 90.4 Å². The quantitative estimate of drug-likeness (QED) is 0.251. The van der Waals surface area contributed by atoms with Crippen molar-refractivity contribution in [3.63, 3.8) is 0 Å². The van der Waals surface area contributed by atoms with Gasteiger partial charge in [0.2, 0.25) is 11.8 Å². The van der Waals surface area contributed by atoms with Crippen LogP contribution in [0.2, 0.25) is 0 Å².